The van der Waals surface area contributed by atoms with Crippen LogP contribution in [0.5, 0.6) is 0 Å². The second kappa shape index (κ2) is 6.92. The highest BCUT2D eigenvalue weighted by Gasteiger charge is 2.25. The van der Waals surface area contributed by atoms with Crippen LogP contribution in [-0.2, 0) is 4.74 Å². The Hall–Kier alpha value is -2.31. The maximum Gasteiger partial charge on any atom is 0.407 e. The second-order valence-corrected chi connectivity index (χ2v) is 4.90. The lowest BCUT2D eigenvalue weighted by molar-refractivity contribution is 0.0686. The maximum atomic E-state index is 12.3. The first kappa shape index (κ1) is 15.1. The first-order chi connectivity index (χ1) is 10.1. The summed E-state index contributed by atoms with van der Waals surface area (Å²) in [4.78, 5) is 39.1. The van der Waals surface area contributed by atoms with Gasteiger partial charge in [-0.3, -0.25) is 9.59 Å². The monoisotopic (exact) mass is 293 g/mol. The highest BCUT2D eigenvalue weighted by Crippen LogP contribution is 2.13. The number of alkyl carbamates (subject to hydrolysis) is 1. The van der Waals surface area contributed by atoms with Gasteiger partial charge in [-0.2, -0.15) is 0 Å². The number of aromatic amines is 1. The molecule has 2 heterocycles. The van der Waals surface area contributed by atoms with Crippen molar-refractivity contribution in [2.24, 2.45) is 0 Å². The molecule has 0 spiro atoms. The van der Waals surface area contributed by atoms with E-state index in [4.69, 9.17) is 4.74 Å². The molecular weight excluding hydrogens is 274 g/mol. The first-order valence-corrected chi connectivity index (χ1v) is 7.01. The Kier molecular flexibility index (Phi) is 4.97. The number of H-pyrrole nitrogens is 1. The van der Waals surface area contributed by atoms with E-state index in [-0.39, 0.29) is 17.5 Å². The van der Waals surface area contributed by atoms with Gasteiger partial charge in [0.15, 0.2) is 0 Å². The lowest BCUT2D eigenvalue weighted by Gasteiger charge is -2.32. The molecule has 7 nitrogen and oxygen atoms in total. The van der Waals surface area contributed by atoms with Crippen LogP contribution in [0, 0.1) is 0 Å². The summed E-state index contributed by atoms with van der Waals surface area (Å²) in [5, 5.41) is 2.74. The van der Waals surface area contributed by atoms with Crippen molar-refractivity contribution in [2.45, 2.75) is 25.8 Å². The largest absolute Gasteiger partial charge is 0.450 e. The molecule has 0 radical (unpaired) electrons. The van der Waals surface area contributed by atoms with Crippen LogP contribution in [-0.4, -0.2) is 47.6 Å². The zero-order chi connectivity index (χ0) is 15.2. The number of pyridine rings is 1. The van der Waals surface area contributed by atoms with Gasteiger partial charge in [0, 0.05) is 37.0 Å². The molecule has 1 aromatic rings. The number of carbonyl (C=O) groups is 2. The van der Waals surface area contributed by atoms with E-state index in [2.05, 4.69) is 10.3 Å². The third kappa shape index (κ3) is 4.08. The summed E-state index contributed by atoms with van der Waals surface area (Å²) < 4.78 is 4.84. The second-order valence-electron chi connectivity index (χ2n) is 4.90. The van der Waals surface area contributed by atoms with Crippen LogP contribution in [0.4, 0.5) is 4.79 Å². The summed E-state index contributed by atoms with van der Waals surface area (Å²) in [5.74, 6) is -0.198. The van der Waals surface area contributed by atoms with Crippen LogP contribution in [0.1, 0.15) is 30.1 Å². The fraction of sp³-hybridized carbons (Fsp3) is 0.500. The average Bonchev–Trinajstić information content (AvgIpc) is 2.47. The van der Waals surface area contributed by atoms with E-state index < -0.39 is 6.09 Å². The molecule has 0 aliphatic carbocycles. The zero-order valence-corrected chi connectivity index (χ0v) is 11.9. The molecule has 7 heteroatoms. The van der Waals surface area contributed by atoms with Crippen LogP contribution >= 0.6 is 0 Å². The number of rotatable bonds is 3. The molecule has 2 amide bonds. The number of nitrogens with zero attached hydrogens (tertiary/aromatic N) is 1. The van der Waals surface area contributed by atoms with Crippen LogP contribution < -0.4 is 10.9 Å². The van der Waals surface area contributed by atoms with E-state index >= 15 is 0 Å². The van der Waals surface area contributed by atoms with Gasteiger partial charge in [-0.05, 0) is 25.8 Å². The fourth-order valence-corrected chi connectivity index (χ4v) is 2.38. The van der Waals surface area contributed by atoms with Crippen molar-refractivity contribution in [1.29, 1.82) is 0 Å². The van der Waals surface area contributed by atoms with Gasteiger partial charge in [0.25, 0.3) is 5.91 Å². The minimum atomic E-state index is -0.465. The molecule has 0 aromatic carbocycles. The molecule has 1 unspecified atom stereocenters. The van der Waals surface area contributed by atoms with Crippen molar-refractivity contribution in [1.82, 2.24) is 15.2 Å². The lowest BCUT2D eigenvalue weighted by atomic mass is 10.0. The molecule has 1 aromatic heterocycles. The summed E-state index contributed by atoms with van der Waals surface area (Å²) >= 11 is 0. The van der Waals surface area contributed by atoms with E-state index in [1.807, 2.05) is 0 Å². The van der Waals surface area contributed by atoms with E-state index in [9.17, 15) is 14.4 Å². The minimum Gasteiger partial charge on any atom is -0.450 e. The molecule has 2 N–H and O–H groups in total. The Morgan fingerprint density at radius 1 is 1.52 bits per heavy atom. The third-order valence-corrected chi connectivity index (χ3v) is 3.33. The average molecular weight is 293 g/mol. The number of hydrogen-bond acceptors (Lipinski definition) is 4. The smallest absolute Gasteiger partial charge is 0.407 e. The molecule has 0 saturated carbocycles. The minimum absolute atomic E-state index is 0.122. The van der Waals surface area contributed by atoms with Crippen LogP contribution in [0.25, 0.3) is 0 Å². The van der Waals surface area contributed by atoms with Gasteiger partial charge in [0.2, 0.25) is 5.56 Å². The van der Waals surface area contributed by atoms with Crippen molar-refractivity contribution < 1.29 is 14.3 Å². The van der Waals surface area contributed by atoms with E-state index in [0.29, 0.717) is 25.3 Å². The quantitative estimate of drug-likeness (QED) is 0.859. The molecule has 1 atom stereocenters. The highest BCUT2D eigenvalue weighted by atomic mass is 16.5. The Morgan fingerprint density at radius 3 is 3.05 bits per heavy atom. The van der Waals surface area contributed by atoms with Crippen LogP contribution in [0.3, 0.4) is 0 Å². The van der Waals surface area contributed by atoms with Gasteiger partial charge in [-0.15, -0.1) is 0 Å². The Morgan fingerprint density at radius 2 is 2.33 bits per heavy atom. The van der Waals surface area contributed by atoms with Crippen LogP contribution in [0.15, 0.2) is 23.1 Å². The number of likely N-dealkylation sites (tertiary alicyclic amines) is 1. The number of hydrogen-bond donors (Lipinski definition) is 2. The number of nitrogens with one attached hydrogen (secondary N) is 2. The van der Waals surface area contributed by atoms with Crippen molar-refractivity contribution in [3.63, 3.8) is 0 Å². The molecule has 114 valence electrons. The lowest BCUT2D eigenvalue weighted by Crippen LogP contribution is -2.49. The molecule has 21 heavy (non-hydrogen) atoms. The van der Waals surface area contributed by atoms with Crippen molar-refractivity contribution in [3.05, 3.63) is 34.2 Å². The normalized spacial score (nSPS) is 18.1. The van der Waals surface area contributed by atoms with Crippen molar-refractivity contribution in [3.8, 4) is 0 Å². The van der Waals surface area contributed by atoms with Crippen molar-refractivity contribution >= 4 is 12.0 Å². The zero-order valence-electron chi connectivity index (χ0n) is 11.9. The number of carbonyl (C=O) groups excluding carboxylic acids is 2. The number of amides is 2. The van der Waals surface area contributed by atoms with E-state index in [1.54, 1.807) is 17.9 Å². The summed E-state index contributed by atoms with van der Waals surface area (Å²) in [6, 6.07) is 2.74. The molecular formula is C14H19N3O4. The molecule has 1 fully saturated rings. The topological polar surface area (TPSA) is 91.5 Å². The maximum absolute atomic E-state index is 12.3. The van der Waals surface area contributed by atoms with E-state index in [1.165, 1.54) is 12.3 Å². The molecule has 0 bridgehead atoms. The van der Waals surface area contributed by atoms with Gasteiger partial charge in [-0.25, -0.2) is 4.79 Å². The SMILES string of the molecule is CCOC(=O)NC1CCCN(C(=O)c2cc[nH]c(=O)c2)C1. The van der Waals surface area contributed by atoms with Gasteiger partial charge >= 0.3 is 6.09 Å². The standard InChI is InChI=1S/C14H19N3O4/c1-2-21-14(20)16-11-4-3-7-17(9-11)13(19)10-5-6-15-12(18)8-10/h5-6,8,11H,2-4,7,9H2,1H3,(H,15,18)(H,16,20). The number of aromatic nitrogens is 1. The third-order valence-electron chi connectivity index (χ3n) is 3.33. The Labute approximate surface area is 122 Å². The van der Waals surface area contributed by atoms with E-state index in [0.717, 1.165) is 12.8 Å². The van der Waals surface area contributed by atoms with Gasteiger partial charge in [0.05, 0.1) is 6.61 Å². The number of ether oxygens (including phenoxy) is 1. The van der Waals surface area contributed by atoms with Gasteiger partial charge in [-0.1, -0.05) is 0 Å². The molecule has 2 rings (SSSR count). The Balaban J connectivity index is 1.99. The predicted molar refractivity (Wildman–Crippen MR) is 76.1 cm³/mol. The summed E-state index contributed by atoms with van der Waals surface area (Å²) in [7, 11) is 0. The Bertz CT molecular complexity index is 569. The highest BCUT2D eigenvalue weighted by molar-refractivity contribution is 5.94. The predicted octanol–water partition coefficient (Wildman–Crippen LogP) is 0.726. The number of piperidine rings is 1. The van der Waals surface area contributed by atoms with Gasteiger partial charge in [0.1, 0.15) is 0 Å². The molecule has 1 aliphatic heterocycles. The van der Waals surface area contributed by atoms with Crippen LogP contribution in [0.2, 0.25) is 0 Å². The summed E-state index contributed by atoms with van der Waals surface area (Å²) in [6.07, 6.45) is 2.59. The summed E-state index contributed by atoms with van der Waals surface area (Å²) in [6.45, 7) is 3.09. The molecule has 1 aliphatic rings. The molecule has 1 saturated heterocycles. The van der Waals surface area contributed by atoms with Gasteiger partial charge < -0.3 is 19.9 Å². The summed E-state index contributed by atoms with van der Waals surface area (Å²) in [5.41, 5.74) is 0.0505. The fourth-order valence-electron chi connectivity index (χ4n) is 2.38. The van der Waals surface area contributed by atoms with Crippen molar-refractivity contribution in [2.75, 3.05) is 19.7 Å². The first-order valence-electron chi connectivity index (χ1n) is 7.01.